The van der Waals surface area contributed by atoms with Crippen LogP contribution in [0, 0.1) is 18.7 Å². The Morgan fingerprint density at radius 1 is 1.41 bits per heavy atom. The summed E-state index contributed by atoms with van der Waals surface area (Å²) in [5.41, 5.74) is 2.42. The maximum Gasteiger partial charge on any atom is 0.123 e. The predicted molar refractivity (Wildman–Crippen MR) is 69.7 cm³/mol. The van der Waals surface area contributed by atoms with Crippen LogP contribution < -0.4 is 5.32 Å². The summed E-state index contributed by atoms with van der Waals surface area (Å²) in [6.07, 6.45) is 2.37. The van der Waals surface area contributed by atoms with Crippen molar-refractivity contribution in [3.63, 3.8) is 0 Å². The van der Waals surface area contributed by atoms with Gasteiger partial charge in [-0.3, -0.25) is 0 Å². The molecule has 1 aromatic carbocycles. The Labute approximate surface area is 103 Å². The summed E-state index contributed by atoms with van der Waals surface area (Å²) >= 11 is 0. The minimum Gasteiger partial charge on any atom is -0.314 e. The predicted octanol–water partition coefficient (Wildman–Crippen LogP) is 3.63. The van der Waals surface area contributed by atoms with E-state index in [9.17, 15) is 4.39 Å². The Bertz CT molecular complexity index is 389. The minimum absolute atomic E-state index is 0.126. The molecule has 1 aliphatic carbocycles. The van der Waals surface area contributed by atoms with Crippen LogP contribution in [0.15, 0.2) is 18.2 Å². The first-order valence-corrected chi connectivity index (χ1v) is 6.63. The van der Waals surface area contributed by atoms with Crippen molar-refractivity contribution in [2.45, 2.75) is 45.6 Å². The highest BCUT2D eigenvalue weighted by atomic mass is 19.1. The SMILES string of the molecule is CCCNC1CC(c2ccc(F)cc2C)C1C. The van der Waals surface area contributed by atoms with Crippen molar-refractivity contribution in [2.24, 2.45) is 5.92 Å². The van der Waals surface area contributed by atoms with Gasteiger partial charge in [-0.15, -0.1) is 0 Å². The molecule has 1 saturated carbocycles. The summed E-state index contributed by atoms with van der Waals surface area (Å²) in [6, 6.07) is 5.84. The largest absolute Gasteiger partial charge is 0.314 e. The van der Waals surface area contributed by atoms with Crippen LogP contribution in [-0.2, 0) is 0 Å². The lowest BCUT2D eigenvalue weighted by molar-refractivity contribution is 0.184. The summed E-state index contributed by atoms with van der Waals surface area (Å²) in [7, 11) is 0. The summed E-state index contributed by atoms with van der Waals surface area (Å²) in [5.74, 6) is 1.13. The third-order valence-corrected chi connectivity index (χ3v) is 4.07. The molecule has 0 aliphatic heterocycles. The topological polar surface area (TPSA) is 12.0 Å². The van der Waals surface area contributed by atoms with E-state index in [-0.39, 0.29) is 5.82 Å². The van der Waals surface area contributed by atoms with Crippen LogP contribution in [0.1, 0.15) is 43.7 Å². The fourth-order valence-electron chi connectivity index (χ4n) is 2.85. The van der Waals surface area contributed by atoms with Gasteiger partial charge in [0.1, 0.15) is 5.82 Å². The van der Waals surface area contributed by atoms with Crippen LogP contribution in [0.4, 0.5) is 4.39 Å². The van der Waals surface area contributed by atoms with E-state index in [0.29, 0.717) is 17.9 Å². The molecular weight excluding hydrogens is 213 g/mol. The first kappa shape index (κ1) is 12.6. The van der Waals surface area contributed by atoms with E-state index >= 15 is 0 Å². The van der Waals surface area contributed by atoms with Gasteiger partial charge in [0.2, 0.25) is 0 Å². The van der Waals surface area contributed by atoms with Gasteiger partial charge in [0, 0.05) is 6.04 Å². The average molecular weight is 235 g/mol. The van der Waals surface area contributed by atoms with Gasteiger partial charge < -0.3 is 5.32 Å². The number of rotatable bonds is 4. The summed E-state index contributed by atoms with van der Waals surface area (Å²) in [5, 5.41) is 3.58. The first-order valence-electron chi connectivity index (χ1n) is 6.63. The highest BCUT2D eigenvalue weighted by Gasteiger charge is 2.38. The Balaban J connectivity index is 2.01. The van der Waals surface area contributed by atoms with Gasteiger partial charge >= 0.3 is 0 Å². The molecule has 0 aromatic heterocycles. The highest BCUT2D eigenvalue weighted by molar-refractivity contribution is 5.33. The van der Waals surface area contributed by atoms with Gasteiger partial charge in [0.15, 0.2) is 0 Å². The summed E-state index contributed by atoms with van der Waals surface area (Å²) in [6.45, 7) is 7.60. The number of benzene rings is 1. The molecule has 3 unspecified atom stereocenters. The van der Waals surface area contributed by atoms with E-state index < -0.39 is 0 Å². The molecule has 3 atom stereocenters. The maximum absolute atomic E-state index is 13.1. The highest BCUT2D eigenvalue weighted by Crippen LogP contribution is 2.43. The molecule has 0 saturated heterocycles. The van der Waals surface area contributed by atoms with E-state index in [1.165, 1.54) is 18.4 Å². The molecule has 94 valence electrons. The van der Waals surface area contributed by atoms with E-state index in [1.54, 1.807) is 12.1 Å². The van der Waals surface area contributed by atoms with Gasteiger partial charge in [-0.25, -0.2) is 4.39 Å². The molecule has 1 nitrogen and oxygen atoms in total. The number of hydrogen-bond donors (Lipinski definition) is 1. The third-order valence-electron chi connectivity index (χ3n) is 4.07. The monoisotopic (exact) mass is 235 g/mol. The van der Waals surface area contributed by atoms with Crippen molar-refractivity contribution in [2.75, 3.05) is 6.54 Å². The molecule has 1 aromatic rings. The lowest BCUT2D eigenvalue weighted by atomic mass is 9.66. The molecule has 0 bridgehead atoms. The fourth-order valence-corrected chi connectivity index (χ4v) is 2.85. The van der Waals surface area contributed by atoms with Crippen LogP contribution in [0.5, 0.6) is 0 Å². The average Bonchev–Trinajstić information content (AvgIpc) is 2.30. The van der Waals surface area contributed by atoms with Crippen LogP contribution in [0.2, 0.25) is 0 Å². The Morgan fingerprint density at radius 3 is 2.76 bits per heavy atom. The fraction of sp³-hybridized carbons (Fsp3) is 0.600. The van der Waals surface area contributed by atoms with Crippen molar-refractivity contribution in [1.82, 2.24) is 5.32 Å². The van der Waals surface area contributed by atoms with Crippen LogP contribution in [0.3, 0.4) is 0 Å². The molecule has 17 heavy (non-hydrogen) atoms. The standard InChI is InChI=1S/C15H22FN/c1-4-7-17-15-9-14(11(15)3)13-6-5-12(16)8-10(13)2/h5-6,8,11,14-15,17H,4,7,9H2,1-3H3. The maximum atomic E-state index is 13.1. The second-order valence-corrected chi connectivity index (χ2v) is 5.26. The second-order valence-electron chi connectivity index (χ2n) is 5.26. The summed E-state index contributed by atoms with van der Waals surface area (Å²) in [4.78, 5) is 0. The lowest BCUT2D eigenvalue weighted by Gasteiger charge is -2.44. The van der Waals surface area contributed by atoms with E-state index in [1.807, 2.05) is 13.0 Å². The molecule has 1 fully saturated rings. The van der Waals surface area contributed by atoms with Gasteiger partial charge in [0.05, 0.1) is 0 Å². The van der Waals surface area contributed by atoms with E-state index in [0.717, 1.165) is 12.1 Å². The van der Waals surface area contributed by atoms with Gasteiger partial charge in [-0.2, -0.15) is 0 Å². The number of halogens is 1. The second kappa shape index (κ2) is 5.18. The van der Waals surface area contributed by atoms with Crippen molar-refractivity contribution < 1.29 is 4.39 Å². The zero-order chi connectivity index (χ0) is 12.4. The van der Waals surface area contributed by atoms with E-state index in [2.05, 4.69) is 19.2 Å². The molecule has 0 amide bonds. The van der Waals surface area contributed by atoms with Crippen molar-refractivity contribution in [3.05, 3.63) is 35.1 Å². The first-order chi connectivity index (χ1) is 8.13. The Kier molecular flexibility index (Phi) is 3.82. The molecule has 2 heteroatoms. The lowest BCUT2D eigenvalue weighted by Crippen LogP contribution is -2.48. The normalized spacial score (nSPS) is 27.9. The van der Waals surface area contributed by atoms with Crippen LogP contribution >= 0.6 is 0 Å². The molecule has 0 spiro atoms. The summed E-state index contributed by atoms with van der Waals surface area (Å²) < 4.78 is 13.1. The number of aryl methyl sites for hydroxylation is 1. The van der Waals surface area contributed by atoms with Gasteiger partial charge in [-0.05, 0) is 61.4 Å². The third kappa shape index (κ3) is 2.52. The quantitative estimate of drug-likeness (QED) is 0.840. The Morgan fingerprint density at radius 2 is 2.18 bits per heavy atom. The van der Waals surface area contributed by atoms with Crippen LogP contribution in [-0.4, -0.2) is 12.6 Å². The van der Waals surface area contributed by atoms with Crippen molar-refractivity contribution >= 4 is 0 Å². The molecule has 2 rings (SSSR count). The molecular formula is C15H22FN. The molecule has 0 heterocycles. The molecule has 0 radical (unpaired) electrons. The molecule has 1 N–H and O–H groups in total. The zero-order valence-corrected chi connectivity index (χ0v) is 11.0. The van der Waals surface area contributed by atoms with Crippen LogP contribution in [0.25, 0.3) is 0 Å². The van der Waals surface area contributed by atoms with Gasteiger partial charge in [0.25, 0.3) is 0 Å². The van der Waals surface area contributed by atoms with E-state index in [4.69, 9.17) is 0 Å². The zero-order valence-electron chi connectivity index (χ0n) is 11.0. The minimum atomic E-state index is -0.126. The molecule has 1 aliphatic rings. The Hall–Kier alpha value is -0.890. The number of hydrogen-bond acceptors (Lipinski definition) is 1. The smallest absolute Gasteiger partial charge is 0.123 e. The van der Waals surface area contributed by atoms with Crippen molar-refractivity contribution in [1.29, 1.82) is 0 Å². The van der Waals surface area contributed by atoms with Gasteiger partial charge in [-0.1, -0.05) is 19.9 Å². The number of nitrogens with one attached hydrogen (secondary N) is 1. The van der Waals surface area contributed by atoms with Crippen molar-refractivity contribution in [3.8, 4) is 0 Å².